The lowest BCUT2D eigenvalue weighted by atomic mass is 10.4. The van der Waals surface area contributed by atoms with Crippen LogP contribution in [-0.4, -0.2) is 36.1 Å². The number of nitrogens with two attached hydrogens (primary N) is 1. The molecule has 3 aromatic rings. The largest absolute Gasteiger partial charge is 0.340 e. The van der Waals surface area contributed by atoms with Gasteiger partial charge in [-0.1, -0.05) is 0 Å². The van der Waals surface area contributed by atoms with Gasteiger partial charge in [0.05, 0.1) is 6.33 Å². The minimum atomic E-state index is 0.543. The van der Waals surface area contributed by atoms with Crippen LogP contribution in [0.1, 0.15) is 5.82 Å². The zero-order chi connectivity index (χ0) is 10.3. The molecule has 0 saturated heterocycles. The number of nitrogens with one attached hydrogen (secondary N) is 1. The number of hydrogen-bond donors (Lipinski definition) is 2. The summed E-state index contributed by atoms with van der Waals surface area (Å²) in [6, 6.07) is 0. The van der Waals surface area contributed by atoms with Gasteiger partial charge in [0.15, 0.2) is 11.3 Å². The molecule has 15 heavy (non-hydrogen) atoms. The first-order valence-electron chi connectivity index (χ1n) is 4.62. The van der Waals surface area contributed by atoms with Crippen molar-refractivity contribution in [3.8, 4) is 0 Å². The molecule has 0 aliphatic heterocycles. The summed E-state index contributed by atoms with van der Waals surface area (Å²) in [6.07, 6.45) is 3.95. The van der Waals surface area contributed by atoms with Crippen LogP contribution in [0.4, 0.5) is 0 Å². The SMILES string of the molecule is NCCc1nnc2c3[nH]cnc3ncn12. The Bertz CT molecular complexity index is 608. The van der Waals surface area contributed by atoms with Gasteiger partial charge in [-0.15, -0.1) is 10.2 Å². The summed E-state index contributed by atoms with van der Waals surface area (Å²) in [5, 5.41) is 8.14. The number of rotatable bonds is 2. The van der Waals surface area contributed by atoms with E-state index in [2.05, 4.69) is 25.1 Å². The normalized spacial score (nSPS) is 11.5. The average Bonchev–Trinajstić information content (AvgIpc) is 2.83. The third-order valence-electron chi connectivity index (χ3n) is 2.27. The van der Waals surface area contributed by atoms with E-state index in [0.29, 0.717) is 18.6 Å². The van der Waals surface area contributed by atoms with Gasteiger partial charge in [-0.25, -0.2) is 9.97 Å². The number of aromatic nitrogens is 6. The predicted molar refractivity (Wildman–Crippen MR) is 53.2 cm³/mol. The Morgan fingerprint density at radius 1 is 1.33 bits per heavy atom. The van der Waals surface area contributed by atoms with Crippen molar-refractivity contribution in [2.24, 2.45) is 5.73 Å². The molecule has 0 unspecified atom stereocenters. The highest BCUT2D eigenvalue weighted by Crippen LogP contribution is 2.12. The van der Waals surface area contributed by atoms with Crippen molar-refractivity contribution < 1.29 is 0 Å². The second-order valence-corrected chi connectivity index (χ2v) is 3.19. The number of H-pyrrole nitrogens is 1. The molecule has 0 atom stereocenters. The molecule has 0 bridgehead atoms. The molecule has 0 aliphatic rings. The van der Waals surface area contributed by atoms with Crippen molar-refractivity contribution in [1.82, 2.24) is 29.5 Å². The van der Waals surface area contributed by atoms with Crippen LogP contribution in [0, 0.1) is 0 Å². The monoisotopic (exact) mass is 203 g/mol. The van der Waals surface area contributed by atoms with E-state index in [1.54, 1.807) is 12.7 Å². The first-order chi connectivity index (χ1) is 7.40. The van der Waals surface area contributed by atoms with E-state index >= 15 is 0 Å². The number of nitrogens with zero attached hydrogens (tertiary/aromatic N) is 5. The number of aromatic amines is 1. The quantitative estimate of drug-likeness (QED) is 0.585. The lowest BCUT2D eigenvalue weighted by Crippen LogP contribution is -2.06. The van der Waals surface area contributed by atoms with E-state index in [1.807, 2.05) is 4.40 Å². The van der Waals surface area contributed by atoms with E-state index in [1.165, 1.54) is 0 Å². The first-order valence-corrected chi connectivity index (χ1v) is 4.62. The molecule has 0 saturated carbocycles. The molecule has 76 valence electrons. The summed E-state index contributed by atoms with van der Waals surface area (Å²) in [5.74, 6) is 0.816. The Morgan fingerprint density at radius 2 is 2.27 bits per heavy atom. The Balaban J connectivity index is 2.35. The van der Waals surface area contributed by atoms with Crippen molar-refractivity contribution in [1.29, 1.82) is 0 Å². The van der Waals surface area contributed by atoms with Crippen molar-refractivity contribution in [3.05, 3.63) is 18.5 Å². The van der Waals surface area contributed by atoms with Crippen molar-refractivity contribution in [2.75, 3.05) is 6.54 Å². The van der Waals surface area contributed by atoms with E-state index < -0.39 is 0 Å². The lowest BCUT2D eigenvalue weighted by molar-refractivity contribution is 0.842. The molecule has 0 aromatic carbocycles. The molecule has 3 heterocycles. The second kappa shape index (κ2) is 2.99. The van der Waals surface area contributed by atoms with Crippen LogP contribution in [0.2, 0.25) is 0 Å². The summed E-state index contributed by atoms with van der Waals surface area (Å²) in [5.41, 5.74) is 7.67. The molecule has 0 radical (unpaired) electrons. The minimum Gasteiger partial charge on any atom is -0.340 e. The topological polar surface area (TPSA) is 97.8 Å². The molecular formula is C8H9N7. The standard InChI is InChI=1S/C8H9N7/c9-2-1-5-13-14-8-6-7(11-3-10-6)12-4-15(5)8/h3-4H,1-2,9H2,(H,10,11). The van der Waals surface area contributed by atoms with Crippen LogP contribution in [0.25, 0.3) is 16.8 Å². The highest BCUT2D eigenvalue weighted by Gasteiger charge is 2.09. The van der Waals surface area contributed by atoms with Crippen LogP contribution in [0.3, 0.4) is 0 Å². The first kappa shape index (κ1) is 8.30. The fraction of sp³-hybridized carbons (Fsp3) is 0.250. The van der Waals surface area contributed by atoms with Crippen LogP contribution in [0.15, 0.2) is 12.7 Å². The van der Waals surface area contributed by atoms with Gasteiger partial charge in [0, 0.05) is 6.42 Å². The summed E-state index contributed by atoms with van der Waals surface area (Å²) >= 11 is 0. The summed E-state index contributed by atoms with van der Waals surface area (Å²) in [7, 11) is 0. The molecule has 0 spiro atoms. The minimum absolute atomic E-state index is 0.543. The molecule has 3 rings (SSSR count). The zero-order valence-corrected chi connectivity index (χ0v) is 7.88. The maximum atomic E-state index is 5.48. The van der Waals surface area contributed by atoms with Gasteiger partial charge < -0.3 is 10.7 Å². The summed E-state index contributed by atoms with van der Waals surface area (Å²) < 4.78 is 1.83. The third-order valence-corrected chi connectivity index (χ3v) is 2.27. The zero-order valence-electron chi connectivity index (χ0n) is 7.88. The molecule has 7 heteroatoms. The molecular weight excluding hydrogens is 194 g/mol. The molecule has 3 N–H and O–H groups in total. The Morgan fingerprint density at radius 3 is 3.13 bits per heavy atom. The summed E-state index contributed by atoms with van der Waals surface area (Å²) in [6.45, 7) is 0.543. The average molecular weight is 203 g/mol. The maximum Gasteiger partial charge on any atom is 0.189 e. The van der Waals surface area contributed by atoms with Crippen molar-refractivity contribution >= 4 is 16.8 Å². The van der Waals surface area contributed by atoms with E-state index in [9.17, 15) is 0 Å². The third kappa shape index (κ3) is 1.10. The van der Waals surface area contributed by atoms with Gasteiger partial charge in [-0.05, 0) is 6.54 Å². The van der Waals surface area contributed by atoms with Crippen molar-refractivity contribution in [3.63, 3.8) is 0 Å². The Hall–Kier alpha value is -2.02. The van der Waals surface area contributed by atoms with Gasteiger partial charge in [-0.3, -0.25) is 4.40 Å². The Labute approximate surface area is 84.4 Å². The molecule has 3 aromatic heterocycles. The van der Waals surface area contributed by atoms with Gasteiger partial charge in [-0.2, -0.15) is 0 Å². The van der Waals surface area contributed by atoms with Crippen LogP contribution in [0.5, 0.6) is 0 Å². The van der Waals surface area contributed by atoms with E-state index in [0.717, 1.165) is 17.0 Å². The molecule has 0 amide bonds. The van der Waals surface area contributed by atoms with Gasteiger partial charge in [0.1, 0.15) is 17.7 Å². The highest BCUT2D eigenvalue weighted by atomic mass is 15.3. The fourth-order valence-electron chi connectivity index (χ4n) is 1.58. The lowest BCUT2D eigenvalue weighted by Gasteiger charge is -1.96. The maximum absolute atomic E-state index is 5.48. The molecule has 0 aliphatic carbocycles. The summed E-state index contributed by atoms with van der Waals surface area (Å²) in [4.78, 5) is 11.2. The smallest absolute Gasteiger partial charge is 0.189 e. The van der Waals surface area contributed by atoms with Crippen LogP contribution in [-0.2, 0) is 6.42 Å². The fourth-order valence-corrected chi connectivity index (χ4v) is 1.58. The van der Waals surface area contributed by atoms with E-state index in [-0.39, 0.29) is 0 Å². The van der Waals surface area contributed by atoms with Crippen molar-refractivity contribution in [2.45, 2.75) is 6.42 Å². The van der Waals surface area contributed by atoms with Gasteiger partial charge in [0.25, 0.3) is 0 Å². The number of imidazole rings is 1. The van der Waals surface area contributed by atoms with Crippen LogP contribution >= 0.6 is 0 Å². The predicted octanol–water partition coefficient (Wildman–Crippen LogP) is -0.498. The molecule has 7 nitrogen and oxygen atoms in total. The number of fused-ring (bicyclic) bond motifs is 3. The van der Waals surface area contributed by atoms with Gasteiger partial charge in [0.2, 0.25) is 0 Å². The van der Waals surface area contributed by atoms with Crippen LogP contribution < -0.4 is 5.73 Å². The highest BCUT2D eigenvalue weighted by molar-refractivity contribution is 5.84. The molecule has 0 fully saturated rings. The number of hydrogen-bond acceptors (Lipinski definition) is 5. The Kier molecular flexibility index (Phi) is 1.65. The van der Waals surface area contributed by atoms with E-state index in [4.69, 9.17) is 5.73 Å². The second-order valence-electron chi connectivity index (χ2n) is 3.19. The van der Waals surface area contributed by atoms with Gasteiger partial charge >= 0.3 is 0 Å².